The molecule has 2 aromatic rings. The molecule has 0 radical (unpaired) electrons. The summed E-state index contributed by atoms with van der Waals surface area (Å²) in [6.45, 7) is 4.78. The lowest BCUT2D eigenvalue weighted by Gasteiger charge is -2.36. The largest absolute Gasteiger partial charge is 0.455 e. The van der Waals surface area contributed by atoms with E-state index < -0.39 is 0 Å². The first-order chi connectivity index (χ1) is 12.5. The molecule has 1 fully saturated rings. The molecular formula is C21H23NO4. The predicted molar refractivity (Wildman–Crippen MR) is 96.3 cm³/mol. The van der Waals surface area contributed by atoms with Gasteiger partial charge >= 0.3 is 0 Å². The number of carbonyl (C=O) groups excluding carboxylic acids is 2. The number of ketones is 1. The van der Waals surface area contributed by atoms with Crippen molar-refractivity contribution >= 4 is 11.7 Å². The molecule has 0 bridgehead atoms. The fourth-order valence-corrected chi connectivity index (χ4v) is 3.97. The van der Waals surface area contributed by atoms with Crippen molar-refractivity contribution in [2.75, 3.05) is 13.1 Å². The molecule has 1 saturated heterocycles. The van der Waals surface area contributed by atoms with E-state index >= 15 is 0 Å². The molecule has 5 heteroatoms. The Morgan fingerprint density at radius 3 is 2.65 bits per heavy atom. The molecule has 1 aliphatic heterocycles. The Kier molecular flexibility index (Phi) is 4.41. The zero-order valence-corrected chi connectivity index (χ0v) is 15.2. The highest BCUT2D eigenvalue weighted by Crippen LogP contribution is 2.32. The molecule has 1 aromatic heterocycles. The third-order valence-electron chi connectivity index (χ3n) is 5.22. The maximum atomic E-state index is 13.1. The van der Waals surface area contributed by atoms with Crippen LogP contribution >= 0.6 is 0 Å². The van der Waals surface area contributed by atoms with Crippen LogP contribution in [0.25, 0.3) is 0 Å². The number of nitrogens with zero attached hydrogens (tertiary/aromatic N) is 1. The number of morpholine rings is 1. The second-order valence-electron chi connectivity index (χ2n) is 7.19. The fraction of sp³-hybridized carbons (Fsp3) is 0.429. The molecule has 0 N–H and O–H groups in total. The van der Waals surface area contributed by atoms with E-state index in [0.717, 1.165) is 18.4 Å². The average molecular weight is 353 g/mol. The molecule has 1 amide bonds. The van der Waals surface area contributed by atoms with Crippen molar-refractivity contribution in [2.24, 2.45) is 0 Å². The van der Waals surface area contributed by atoms with Gasteiger partial charge in [0.2, 0.25) is 0 Å². The third kappa shape index (κ3) is 2.97. The van der Waals surface area contributed by atoms with Gasteiger partial charge in [-0.1, -0.05) is 30.3 Å². The molecule has 2 atom stereocenters. The lowest BCUT2D eigenvalue weighted by molar-refractivity contribution is -0.0697. The lowest BCUT2D eigenvalue weighted by atomic mass is 9.94. The van der Waals surface area contributed by atoms with Gasteiger partial charge in [0.1, 0.15) is 11.9 Å². The summed E-state index contributed by atoms with van der Waals surface area (Å²) >= 11 is 0. The maximum Gasteiger partial charge on any atom is 0.290 e. The summed E-state index contributed by atoms with van der Waals surface area (Å²) in [5, 5.41) is 0. The van der Waals surface area contributed by atoms with E-state index in [1.807, 2.05) is 44.2 Å². The van der Waals surface area contributed by atoms with Crippen LogP contribution in [-0.4, -0.2) is 35.8 Å². The van der Waals surface area contributed by atoms with E-state index in [-0.39, 0.29) is 23.9 Å². The van der Waals surface area contributed by atoms with Crippen molar-refractivity contribution < 1.29 is 18.7 Å². The molecule has 26 heavy (non-hydrogen) atoms. The first-order valence-corrected chi connectivity index (χ1v) is 9.19. The number of furan rings is 1. The van der Waals surface area contributed by atoms with Gasteiger partial charge < -0.3 is 14.1 Å². The van der Waals surface area contributed by atoms with Crippen LogP contribution in [0.15, 0.2) is 34.7 Å². The summed E-state index contributed by atoms with van der Waals surface area (Å²) in [7, 11) is 0. The smallest absolute Gasteiger partial charge is 0.290 e. The topological polar surface area (TPSA) is 59.8 Å². The van der Waals surface area contributed by atoms with Gasteiger partial charge in [-0.2, -0.15) is 0 Å². The Balaban J connectivity index is 1.61. The standard InChI is InChI=1S/C21H23NO4/c1-13-11-22(12-18(25-13)15-7-4-3-5-8-15)21(24)20-14(2)19-16(23)9-6-10-17(19)26-20/h3-5,7-8,13,18H,6,9-12H2,1-2H3/t13-,18-/m1/s1. The minimum Gasteiger partial charge on any atom is -0.455 e. The zero-order chi connectivity index (χ0) is 18.3. The monoisotopic (exact) mass is 353 g/mol. The molecule has 2 heterocycles. The molecule has 136 valence electrons. The number of benzene rings is 1. The van der Waals surface area contributed by atoms with E-state index in [9.17, 15) is 9.59 Å². The van der Waals surface area contributed by atoms with Gasteiger partial charge in [0.05, 0.1) is 18.2 Å². The highest BCUT2D eigenvalue weighted by atomic mass is 16.5. The molecule has 0 saturated carbocycles. The summed E-state index contributed by atoms with van der Waals surface area (Å²) in [5.74, 6) is 0.916. The molecule has 1 aliphatic carbocycles. The van der Waals surface area contributed by atoms with E-state index in [2.05, 4.69) is 0 Å². The van der Waals surface area contributed by atoms with Crippen molar-refractivity contribution in [3.63, 3.8) is 0 Å². The van der Waals surface area contributed by atoms with Crippen LogP contribution in [-0.2, 0) is 11.2 Å². The van der Waals surface area contributed by atoms with E-state index in [1.54, 1.807) is 4.90 Å². The number of aryl methyl sites for hydroxylation is 1. The molecule has 0 spiro atoms. The number of rotatable bonds is 2. The van der Waals surface area contributed by atoms with Gasteiger partial charge in [0, 0.05) is 24.9 Å². The van der Waals surface area contributed by atoms with Crippen LogP contribution in [0.1, 0.15) is 63.7 Å². The number of ether oxygens (including phenoxy) is 1. The van der Waals surface area contributed by atoms with Gasteiger partial charge in [-0.05, 0) is 25.8 Å². The normalized spacial score (nSPS) is 23.0. The number of hydrogen-bond donors (Lipinski definition) is 0. The Morgan fingerprint density at radius 1 is 1.15 bits per heavy atom. The zero-order valence-electron chi connectivity index (χ0n) is 15.2. The highest BCUT2D eigenvalue weighted by Gasteiger charge is 2.34. The Labute approximate surface area is 152 Å². The Bertz CT molecular complexity index is 839. The van der Waals surface area contributed by atoms with Crippen molar-refractivity contribution in [1.29, 1.82) is 0 Å². The Morgan fingerprint density at radius 2 is 1.92 bits per heavy atom. The average Bonchev–Trinajstić information content (AvgIpc) is 2.99. The number of hydrogen-bond acceptors (Lipinski definition) is 4. The minimum absolute atomic E-state index is 0.0653. The van der Waals surface area contributed by atoms with Crippen LogP contribution in [0, 0.1) is 6.92 Å². The summed E-state index contributed by atoms with van der Waals surface area (Å²) in [4.78, 5) is 27.1. The van der Waals surface area contributed by atoms with E-state index in [0.29, 0.717) is 42.2 Å². The van der Waals surface area contributed by atoms with Crippen molar-refractivity contribution in [3.05, 3.63) is 58.5 Å². The SMILES string of the molecule is Cc1c(C(=O)N2C[C@@H](C)O[C@@H](c3ccccc3)C2)oc2c1C(=O)CCC2. The number of Topliss-reactive ketones (excluding diaryl/α,β-unsaturated/α-hetero) is 1. The molecule has 4 rings (SSSR count). The van der Waals surface area contributed by atoms with E-state index in [4.69, 9.17) is 9.15 Å². The molecule has 0 unspecified atom stereocenters. The van der Waals surface area contributed by atoms with Crippen LogP contribution in [0.4, 0.5) is 0 Å². The van der Waals surface area contributed by atoms with Crippen molar-refractivity contribution in [2.45, 2.75) is 45.3 Å². The third-order valence-corrected chi connectivity index (χ3v) is 5.22. The molecular weight excluding hydrogens is 330 g/mol. The fourth-order valence-electron chi connectivity index (χ4n) is 3.97. The van der Waals surface area contributed by atoms with Gasteiger partial charge in [-0.15, -0.1) is 0 Å². The number of amides is 1. The Hall–Kier alpha value is -2.40. The van der Waals surface area contributed by atoms with Gasteiger partial charge in [0.15, 0.2) is 11.5 Å². The summed E-state index contributed by atoms with van der Waals surface area (Å²) < 4.78 is 11.9. The highest BCUT2D eigenvalue weighted by molar-refractivity contribution is 6.03. The first-order valence-electron chi connectivity index (χ1n) is 9.19. The summed E-state index contributed by atoms with van der Waals surface area (Å²) in [6, 6.07) is 9.94. The molecule has 5 nitrogen and oxygen atoms in total. The van der Waals surface area contributed by atoms with Gasteiger partial charge in [-0.25, -0.2) is 0 Å². The summed E-state index contributed by atoms with van der Waals surface area (Å²) in [5.41, 5.74) is 2.37. The van der Waals surface area contributed by atoms with Crippen molar-refractivity contribution in [1.82, 2.24) is 4.90 Å². The lowest BCUT2D eigenvalue weighted by Crippen LogP contribution is -2.46. The number of carbonyl (C=O) groups is 2. The van der Waals surface area contributed by atoms with Gasteiger partial charge in [-0.3, -0.25) is 9.59 Å². The van der Waals surface area contributed by atoms with E-state index in [1.165, 1.54) is 0 Å². The predicted octanol–water partition coefficient (Wildman–Crippen LogP) is 3.71. The molecule has 2 aliphatic rings. The summed E-state index contributed by atoms with van der Waals surface area (Å²) in [6.07, 6.45) is 1.82. The minimum atomic E-state index is -0.157. The van der Waals surface area contributed by atoms with Crippen molar-refractivity contribution in [3.8, 4) is 0 Å². The quantitative estimate of drug-likeness (QED) is 0.826. The second-order valence-corrected chi connectivity index (χ2v) is 7.19. The maximum absolute atomic E-state index is 13.1. The second kappa shape index (κ2) is 6.72. The van der Waals surface area contributed by atoms with Crippen LogP contribution < -0.4 is 0 Å². The van der Waals surface area contributed by atoms with Gasteiger partial charge in [0.25, 0.3) is 5.91 Å². The van der Waals surface area contributed by atoms with Crippen LogP contribution in [0.2, 0.25) is 0 Å². The first kappa shape index (κ1) is 17.0. The van der Waals surface area contributed by atoms with Crippen LogP contribution in [0.3, 0.4) is 0 Å². The number of fused-ring (bicyclic) bond motifs is 1. The van der Waals surface area contributed by atoms with Crippen LogP contribution in [0.5, 0.6) is 0 Å². The molecule has 1 aromatic carbocycles.